The summed E-state index contributed by atoms with van der Waals surface area (Å²) in [4.78, 5) is 15.1. The van der Waals surface area contributed by atoms with Gasteiger partial charge < -0.3 is 24.1 Å². The highest BCUT2D eigenvalue weighted by Crippen LogP contribution is 2.48. The SMILES string of the molecule is C[C@@H]1CCCC(O)C[C@](OCc2ccccc2)(C(F)(F)F)c2nnc(o2)-c2nc(c(C(F)(F)F)cc2NC(=O)O)O1. The van der Waals surface area contributed by atoms with Gasteiger partial charge in [0.05, 0.1) is 24.5 Å². The van der Waals surface area contributed by atoms with Crippen molar-refractivity contribution in [2.45, 2.75) is 69.4 Å². The zero-order valence-electron chi connectivity index (χ0n) is 21.3. The molecule has 1 aromatic carbocycles. The number of aliphatic hydroxyl groups excluding tert-OH is 1. The van der Waals surface area contributed by atoms with E-state index in [-0.39, 0.29) is 19.3 Å². The molecule has 3 N–H and O–H groups in total. The van der Waals surface area contributed by atoms with Crippen molar-refractivity contribution in [3.8, 4) is 17.5 Å². The van der Waals surface area contributed by atoms with Gasteiger partial charge in [0.15, 0.2) is 5.69 Å². The summed E-state index contributed by atoms with van der Waals surface area (Å²) in [7, 11) is 0. The Hall–Kier alpha value is -3.92. The number of amides is 1. The van der Waals surface area contributed by atoms with Gasteiger partial charge in [0.25, 0.3) is 11.8 Å². The summed E-state index contributed by atoms with van der Waals surface area (Å²) >= 11 is 0. The molecule has 41 heavy (non-hydrogen) atoms. The number of ether oxygens (including phenoxy) is 2. The fraction of sp³-hybridized carbons (Fsp3) is 0.440. The van der Waals surface area contributed by atoms with Crippen LogP contribution in [0.2, 0.25) is 0 Å². The topological polar surface area (TPSA) is 140 Å². The minimum atomic E-state index is -5.22. The highest BCUT2D eigenvalue weighted by molar-refractivity contribution is 5.88. The molecule has 0 saturated heterocycles. The van der Waals surface area contributed by atoms with E-state index >= 15 is 0 Å². The fourth-order valence-corrected chi connectivity index (χ4v) is 4.28. The number of carbonyl (C=O) groups is 1. The number of alkyl halides is 6. The quantitative estimate of drug-likeness (QED) is 0.316. The van der Waals surface area contributed by atoms with Crippen molar-refractivity contribution in [1.82, 2.24) is 15.2 Å². The standard InChI is InChI=1S/C25H24F6N4O6/c1-13-6-5-9-15(36)11-23(25(29,30)31,39-12-14-7-3-2-4-8-14)21-35-34-20(41-21)18-17(32-22(37)38)10-16(24(26,27)28)19(33-18)40-13/h2-4,7-8,10,13,15,32,36H,5-6,9,11-12H2,1H3,(H,37,38)/t13-,15?,23-/m1/s1. The van der Waals surface area contributed by atoms with Gasteiger partial charge in [0.1, 0.15) is 5.56 Å². The van der Waals surface area contributed by atoms with Crippen LogP contribution >= 0.6 is 0 Å². The second-order valence-corrected chi connectivity index (χ2v) is 9.39. The summed E-state index contributed by atoms with van der Waals surface area (Å²) < 4.78 is 102. The van der Waals surface area contributed by atoms with Gasteiger partial charge in [-0.1, -0.05) is 30.3 Å². The van der Waals surface area contributed by atoms with Crippen LogP contribution in [0.5, 0.6) is 5.88 Å². The molecule has 4 bridgehead atoms. The van der Waals surface area contributed by atoms with Crippen molar-refractivity contribution >= 4 is 11.8 Å². The Labute approximate surface area is 228 Å². The number of anilines is 1. The molecule has 2 aromatic heterocycles. The lowest BCUT2D eigenvalue weighted by molar-refractivity contribution is -0.305. The number of fused-ring (bicyclic) bond motifs is 5. The largest absolute Gasteiger partial charge is 0.474 e. The van der Waals surface area contributed by atoms with Gasteiger partial charge in [-0.05, 0) is 37.8 Å². The smallest absolute Gasteiger partial charge is 0.426 e. The first-order valence-electron chi connectivity index (χ1n) is 12.3. The van der Waals surface area contributed by atoms with Gasteiger partial charge in [-0.15, -0.1) is 10.2 Å². The van der Waals surface area contributed by atoms with Crippen LogP contribution in [0.4, 0.5) is 36.8 Å². The number of hydrogen-bond donors (Lipinski definition) is 3. The molecule has 0 radical (unpaired) electrons. The third kappa shape index (κ3) is 6.70. The summed E-state index contributed by atoms with van der Waals surface area (Å²) in [6.07, 6.45) is -15.7. The summed E-state index contributed by atoms with van der Waals surface area (Å²) in [6, 6.07) is 8.22. The lowest BCUT2D eigenvalue weighted by Gasteiger charge is -2.34. The van der Waals surface area contributed by atoms with E-state index < -0.39 is 83.9 Å². The molecule has 0 saturated carbocycles. The first kappa shape index (κ1) is 30.0. The first-order valence-corrected chi connectivity index (χ1v) is 12.3. The predicted molar refractivity (Wildman–Crippen MR) is 128 cm³/mol. The Morgan fingerprint density at radius 1 is 1.15 bits per heavy atom. The molecular formula is C25H24F6N4O6. The molecule has 1 amide bonds. The van der Waals surface area contributed by atoms with Crippen molar-refractivity contribution < 1.29 is 55.2 Å². The highest BCUT2D eigenvalue weighted by Gasteiger charge is 2.62. The molecular weight excluding hydrogens is 566 g/mol. The average Bonchev–Trinajstić information content (AvgIpc) is 3.36. The molecule has 1 aliphatic rings. The van der Waals surface area contributed by atoms with Crippen molar-refractivity contribution in [2.75, 3.05) is 5.32 Å². The molecule has 0 aliphatic carbocycles. The van der Waals surface area contributed by atoms with Crippen molar-refractivity contribution in [3.05, 3.63) is 53.4 Å². The maximum Gasteiger partial charge on any atom is 0.426 e. The van der Waals surface area contributed by atoms with Gasteiger partial charge in [-0.3, -0.25) is 5.32 Å². The van der Waals surface area contributed by atoms with Crippen LogP contribution in [0.1, 0.15) is 49.6 Å². The summed E-state index contributed by atoms with van der Waals surface area (Å²) in [5.74, 6) is -2.99. The molecule has 1 aliphatic heterocycles. The molecule has 3 heterocycles. The van der Waals surface area contributed by atoms with Crippen molar-refractivity contribution in [2.24, 2.45) is 0 Å². The van der Waals surface area contributed by atoms with Crippen LogP contribution in [0, 0.1) is 0 Å². The molecule has 0 spiro atoms. The van der Waals surface area contributed by atoms with Crippen LogP contribution in [0.25, 0.3) is 11.6 Å². The number of benzene rings is 1. The minimum absolute atomic E-state index is 0.0444. The highest BCUT2D eigenvalue weighted by atomic mass is 19.4. The number of nitrogens with zero attached hydrogens (tertiary/aromatic N) is 3. The first-order chi connectivity index (χ1) is 19.2. The number of nitrogens with one attached hydrogen (secondary N) is 1. The van der Waals surface area contributed by atoms with Crippen LogP contribution in [-0.4, -0.2) is 49.9 Å². The third-order valence-electron chi connectivity index (χ3n) is 6.28. The lowest BCUT2D eigenvalue weighted by atomic mass is 9.92. The minimum Gasteiger partial charge on any atom is -0.474 e. The van der Waals surface area contributed by atoms with Crippen LogP contribution in [0.3, 0.4) is 0 Å². The van der Waals surface area contributed by atoms with Gasteiger partial charge in [0, 0.05) is 6.42 Å². The molecule has 10 nitrogen and oxygen atoms in total. The second-order valence-electron chi connectivity index (χ2n) is 9.39. The zero-order valence-corrected chi connectivity index (χ0v) is 21.3. The summed E-state index contributed by atoms with van der Waals surface area (Å²) in [6.45, 7) is 0.834. The summed E-state index contributed by atoms with van der Waals surface area (Å²) in [5, 5.41) is 28.6. The summed E-state index contributed by atoms with van der Waals surface area (Å²) in [5.41, 5.74) is -5.93. The van der Waals surface area contributed by atoms with Crippen molar-refractivity contribution in [1.29, 1.82) is 0 Å². The Morgan fingerprint density at radius 3 is 2.49 bits per heavy atom. The van der Waals surface area contributed by atoms with E-state index in [1.807, 2.05) is 0 Å². The average molecular weight is 590 g/mol. The second kappa shape index (κ2) is 11.5. The van der Waals surface area contributed by atoms with E-state index in [1.54, 1.807) is 23.5 Å². The Morgan fingerprint density at radius 2 is 1.85 bits per heavy atom. The Kier molecular flexibility index (Phi) is 8.44. The van der Waals surface area contributed by atoms with Gasteiger partial charge in [0.2, 0.25) is 11.5 Å². The third-order valence-corrected chi connectivity index (χ3v) is 6.28. The van der Waals surface area contributed by atoms with E-state index in [1.165, 1.54) is 19.1 Å². The number of rotatable bonds is 4. The van der Waals surface area contributed by atoms with Gasteiger partial charge >= 0.3 is 18.4 Å². The lowest BCUT2D eigenvalue weighted by Crippen LogP contribution is -2.47. The number of aromatic nitrogens is 3. The maximum atomic E-state index is 14.8. The monoisotopic (exact) mass is 590 g/mol. The predicted octanol–water partition coefficient (Wildman–Crippen LogP) is 5.92. The fourth-order valence-electron chi connectivity index (χ4n) is 4.28. The van der Waals surface area contributed by atoms with E-state index in [4.69, 9.17) is 13.9 Å². The molecule has 3 aromatic rings. The zero-order chi connectivity index (χ0) is 30.0. The van der Waals surface area contributed by atoms with E-state index in [9.17, 15) is 41.4 Å². The molecule has 3 atom stereocenters. The number of aliphatic hydroxyl groups is 1. The molecule has 222 valence electrons. The molecule has 0 fully saturated rings. The molecule has 1 unspecified atom stereocenters. The number of carboxylic acid groups (broad SMARTS) is 1. The van der Waals surface area contributed by atoms with Crippen molar-refractivity contribution in [3.63, 3.8) is 0 Å². The van der Waals surface area contributed by atoms with Crippen LogP contribution < -0.4 is 10.1 Å². The van der Waals surface area contributed by atoms with E-state index in [0.717, 1.165) is 0 Å². The molecule has 4 rings (SSSR count). The number of pyridine rings is 1. The molecule has 16 heteroatoms. The number of hydrogen-bond acceptors (Lipinski definition) is 8. The Balaban J connectivity index is 1.92. The van der Waals surface area contributed by atoms with Crippen LogP contribution in [-0.2, 0) is 23.1 Å². The van der Waals surface area contributed by atoms with Gasteiger partial charge in [-0.2, -0.15) is 26.3 Å². The number of halogens is 6. The van der Waals surface area contributed by atoms with E-state index in [0.29, 0.717) is 11.6 Å². The van der Waals surface area contributed by atoms with Gasteiger partial charge in [-0.25, -0.2) is 9.78 Å². The van der Waals surface area contributed by atoms with E-state index in [2.05, 4.69) is 15.2 Å². The maximum absolute atomic E-state index is 14.8. The normalized spacial score (nSPS) is 22.0. The van der Waals surface area contributed by atoms with Crippen LogP contribution in [0.15, 0.2) is 40.8 Å². The Bertz CT molecular complexity index is 1370.